The smallest absolute Gasteiger partial charge is 0.464 e. The maximum atomic E-state index is 13.1. The fourth-order valence-electron chi connectivity index (χ4n) is 3.65. The Morgan fingerprint density at radius 3 is 2.51 bits per heavy atom. The summed E-state index contributed by atoms with van der Waals surface area (Å²) in [5.74, 6) is -1.17. The number of aromatic nitrogens is 5. The molecule has 1 aromatic carbocycles. The van der Waals surface area contributed by atoms with Gasteiger partial charge in [0.05, 0.1) is 37.0 Å². The van der Waals surface area contributed by atoms with Crippen LogP contribution in [0.4, 0.5) is 13.2 Å². The maximum Gasteiger partial charge on any atom is 0.573 e. The number of ether oxygens (including phenoxy) is 2. The molecule has 1 fully saturated rings. The zero-order chi connectivity index (χ0) is 27.0. The number of hydrogen-bond acceptors (Lipinski definition) is 9. The van der Waals surface area contributed by atoms with Crippen LogP contribution in [0.2, 0.25) is 0 Å². The molecule has 14 heteroatoms. The first-order valence-corrected chi connectivity index (χ1v) is 10.9. The normalized spacial score (nSPS) is 14.8. The highest BCUT2D eigenvalue weighted by molar-refractivity contribution is 5.95. The fourth-order valence-corrected chi connectivity index (χ4v) is 3.65. The Labute approximate surface area is 208 Å². The molecule has 1 saturated carbocycles. The Hall–Kier alpha value is -4.54. The predicted octanol–water partition coefficient (Wildman–Crippen LogP) is 3.10. The number of halogens is 3. The van der Waals surface area contributed by atoms with Crippen LogP contribution in [0.25, 0.3) is 5.82 Å². The zero-order valence-corrected chi connectivity index (χ0v) is 19.8. The fraction of sp³-hybridized carbons (Fsp3) is 0.348. The Kier molecular flexibility index (Phi) is 6.55. The van der Waals surface area contributed by atoms with E-state index in [0.29, 0.717) is 18.7 Å². The van der Waals surface area contributed by atoms with Gasteiger partial charge in [0.25, 0.3) is 5.91 Å². The number of amides is 1. The van der Waals surface area contributed by atoms with E-state index in [0.717, 1.165) is 12.1 Å². The lowest BCUT2D eigenvalue weighted by molar-refractivity contribution is -0.274. The molecule has 4 rings (SSSR count). The van der Waals surface area contributed by atoms with E-state index in [9.17, 15) is 28.0 Å². The number of benzene rings is 1. The van der Waals surface area contributed by atoms with Crippen molar-refractivity contribution in [1.29, 1.82) is 5.26 Å². The number of carbonyl (C=O) groups excluding carboxylic acids is 2. The summed E-state index contributed by atoms with van der Waals surface area (Å²) in [5, 5.41) is 16.4. The average Bonchev–Trinajstić information content (AvgIpc) is 3.56. The first-order chi connectivity index (χ1) is 17.4. The van der Waals surface area contributed by atoms with Gasteiger partial charge in [-0.3, -0.25) is 4.79 Å². The Morgan fingerprint density at radius 1 is 1.22 bits per heavy atom. The van der Waals surface area contributed by atoms with Crippen LogP contribution >= 0.6 is 0 Å². The van der Waals surface area contributed by atoms with E-state index in [1.807, 2.05) is 0 Å². The highest BCUT2D eigenvalue weighted by atomic mass is 19.4. The van der Waals surface area contributed by atoms with Crippen LogP contribution in [0.15, 0.2) is 30.6 Å². The number of esters is 1. The lowest BCUT2D eigenvalue weighted by Crippen LogP contribution is -2.29. The number of nitrogens with zero attached hydrogens (tertiary/aromatic N) is 6. The van der Waals surface area contributed by atoms with Gasteiger partial charge in [0.2, 0.25) is 0 Å². The summed E-state index contributed by atoms with van der Waals surface area (Å²) < 4.78 is 48.6. The molecule has 0 saturated heterocycles. The average molecular weight is 515 g/mol. The summed E-state index contributed by atoms with van der Waals surface area (Å²) >= 11 is 0. The van der Waals surface area contributed by atoms with Crippen molar-refractivity contribution in [2.45, 2.75) is 44.5 Å². The van der Waals surface area contributed by atoms with Crippen molar-refractivity contribution in [3.63, 3.8) is 0 Å². The van der Waals surface area contributed by atoms with E-state index in [2.05, 4.69) is 40.9 Å². The standard InChI is InChI=1S/C23H20F3N7O4/c1-12(19-31-13(2)32-33(19)18-10-28-17(9-29-18)21(35)36-3)30-20(34)14-6-15(22(11-27)4-5-22)8-16(7-14)37-23(24,25)26/h6-10,12H,4-5H2,1-3H3,(H,30,34)/t12-/m0/s1. The van der Waals surface area contributed by atoms with Gasteiger partial charge in [-0.25, -0.2) is 19.7 Å². The summed E-state index contributed by atoms with van der Waals surface area (Å²) in [5.41, 5.74) is -0.809. The third-order valence-corrected chi connectivity index (χ3v) is 5.64. The minimum Gasteiger partial charge on any atom is -0.464 e. The van der Waals surface area contributed by atoms with Gasteiger partial charge >= 0.3 is 12.3 Å². The summed E-state index contributed by atoms with van der Waals surface area (Å²) in [4.78, 5) is 37.1. The third-order valence-electron chi connectivity index (χ3n) is 5.64. The molecule has 1 atom stereocenters. The molecule has 3 aromatic rings. The molecule has 11 nitrogen and oxygen atoms in total. The number of hydrogen-bond donors (Lipinski definition) is 1. The van der Waals surface area contributed by atoms with E-state index in [1.165, 1.54) is 30.3 Å². The minimum absolute atomic E-state index is 0.0199. The van der Waals surface area contributed by atoms with Crippen molar-refractivity contribution >= 4 is 11.9 Å². The van der Waals surface area contributed by atoms with Crippen molar-refractivity contribution in [3.05, 3.63) is 59.1 Å². The van der Waals surface area contributed by atoms with Crippen LogP contribution in [0, 0.1) is 18.3 Å². The van der Waals surface area contributed by atoms with Gasteiger partial charge in [-0.1, -0.05) is 0 Å². The molecule has 192 valence electrons. The molecule has 0 aliphatic heterocycles. The number of methoxy groups -OCH3 is 1. The van der Waals surface area contributed by atoms with Crippen LogP contribution in [-0.2, 0) is 10.2 Å². The number of nitrogens with one attached hydrogen (secondary N) is 1. The Bertz CT molecular complexity index is 1390. The number of alkyl halides is 3. The molecular formula is C23H20F3N7O4. The maximum absolute atomic E-state index is 13.1. The van der Waals surface area contributed by atoms with E-state index in [4.69, 9.17) is 0 Å². The molecule has 0 bridgehead atoms. The summed E-state index contributed by atoms with van der Waals surface area (Å²) in [6, 6.07) is 4.79. The molecule has 0 spiro atoms. The van der Waals surface area contributed by atoms with Gasteiger partial charge in [0, 0.05) is 5.56 Å². The lowest BCUT2D eigenvalue weighted by Gasteiger charge is -2.17. The molecule has 1 N–H and O–H groups in total. The first-order valence-electron chi connectivity index (χ1n) is 10.9. The molecule has 1 aliphatic rings. The molecule has 37 heavy (non-hydrogen) atoms. The molecule has 1 amide bonds. The van der Waals surface area contributed by atoms with Crippen LogP contribution in [0.3, 0.4) is 0 Å². The highest BCUT2D eigenvalue weighted by Gasteiger charge is 2.46. The van der Waals surface area contributed by atoms with Crippen molar-refractivity contribution in [2.75, 3.05) is 7.11 Å². The van der Waals surface area contributed by atoms with Gasteiger partial charge in [0.15, 0.2) is 17.3 Å². The number of nitriles is 1. The van der Waals surface area contributed by atoms with Crippen molar-refractivity contribution in [2.24, 2.45) is 0 Å². The second-order valence-corrected chi connectivity index (χ2v) is 8.36. The SMILES string of the molecule is COC(=O)c1cnc(-n2nc(C)nc2[C@H](C)NC(=O)c2cc(OC(F)(F)F)cc(C3(C#N)CC3)c2)cn1. The topological polar surface area (TPSA) is 145 Å². The van der Waals surface area contributed by atoms with Crippen LogP contribution in [0.5, 0.6) is 5.75 Å². The van der Waals surface area contributed by atoms with Crippen LogP contribution in [-0.4, -0.2) is 50.1 Å². The second kappa shape index (κ2) is 9.49. The van der Waals surface area contributed by atoms with Gasteiger partial charge in [-0.2, -0.15) is 9.94 Å². The lowest BCUT2D eigenvalue weighted by atomic mass is 9.95. The Balaban J connectivity index is 1.61. The zero-order valence-electron chi connectivity index (χ0n) is 19.8. The van der Waals surface area contributed by atoms with Gasteiger partial charge < -0.3 is 14.8 Å². The largest absolute Gasteiger partial charge is 0.573 e. The number of aryl methyl sites for hydroxylation is 1. The third kappa shape index (κ3) is 5.50. The van der Waals surface area contributed by atoms with E-state index in [-0.39, 0.29) is 28.5 Å². The van der Waals surface area contributed by atoms with Gasteiger partial charge in [-0.15, -0.1) is 18.3 Å². The highest BCUT2D eigenvalue weighted by Crippen LogP contribution is 2.48. The Morgan fingerprint density at radius 2 is 1.95 bits per heavy atom. The molecule has 0 unspecified atom stereocenters. The predicted molar refractivity (Wildman–Crippen MR) is 119 cm³/mol. The second-order valence-electron chi connectivity index (χ2n) is 8.36. The molecule has 2 aromatic heterocycles. The molecule has 2 heterocycles. The van der Waals surface area contributed by atoms with E-state index >= 15 is 0 Å². The van der Waals surface area contributed by atoms with Crippen molar-refractivity contribution in [1.82, 2.24) is 30.0 Å². The number of rotatable bonds is 7. The summed E-state index contributed by atoms with van der Waals surface area (Å²) in [6.07, 6.45) is -1.56. The van der Waals surface area contributed by atoms with Gasteiger partial charge in [0.1, 0.15) is 11.6 Å². The van der Waals surface area contributed by atoms with Crippen molar-refractivity contribution in [3.8, 4) is 17.6 Å². The first kappa shape index (κ1) is 25.5. The van der Waals surface area contributed by atoms with Crippen LogP contribution < -0.4 is 10.1 Å². The molecule has 0 radical (unpaired) electrons. The number of carbonyl (C=O) groups is 2. The molecule has 1 aliphatic carbocycles. The summed E-state index contributed by atoms with van der Waals surface area (Å²) in [6.45, 7) is 3.22. The van der Waals surface area contributed by atoms with E-state index < -0.39 is 35.4 Å². The van der Waals surface area contributed by atoms with Gasteiger partial charge in [-0.05, 0) is 50.5 Å². The van der Waals surface area contributed by atoms with Crippen LogP contribution in [0.1, 0.15) is 63.9 Å². The molecular weight excluding hydrogens is 495 g/mol. The monoisotopic (exact) mass is 515 g/mol. The quantitative estimate of drug-likeness (QED) is 0.469. The minimum atomic E-state index is -4.97. The van der Waals surface area contributed by atoms with Crippen molar-refractivity contribution < 1.29 is 32.2 Å². The summed E-state index contributed by atoms with van der Waals surface area (Å²) in [7, 11) is 1.21. The van der Waals surface area contributed by atoms with E-state index in [1.54, 1.807) is 13.8 Å².